The molecule has 0 aromatic heterocycles. The second-order valence-corrected chi connectivity index (χ2v) is 10.8. The summed E-state index contributed by atoms with van der Waals surface area (Å²) < 4.78 is 0. The molecule has 2 nitrogen and oxygen atoms in total. The van der Waals surface area contributed by atoms with Gasteiger partial charge in [-0.15, -0.1) is 0 Å². The van der Waals surface area contributed by atoms with Gasteiger partial charge in [0, 0.05) is 28.7 Å². The van der Waals surface area contributed by atoms with E-state index in [1.165, 1.54) is 44.5 Å². The van der Waals surface area contributed by atoms with Crippen LogP contribution in [0.2, 0.25) is 0 Å². The Bertz CT molecular complexity index is 1420. The lowest BCUT2D eigenvalue weighted by atomic mass is 9.75. The van der Waals surface area contributed by atoms with E-state index in [0.29, 0.717) is 5.92 Å². The monoisotopic (exact) mass is 494 g/mol. The molecule has 0 saturated carbocycles. The van der Waals surface area contributed by atoms with Gasteiger partial charge in [-0.3, -0.25) is 4.85 Å². The Kier molecular flexibility index (Phi) is 7.44. The molecule has 0 unspecified atom stereocenters. The maximum atomic E-state index is 8.02. The lowest BCUT2D eigenvalue weighted by Crippen LogP contribution is -2.27. The summed E-state index contributed by atoms with van der Waals surface area (Å²) in [5.74, 6) is 0.485. The zero-order chi connectivity index (χ0) is 26.5. The molecule has 0 saturated heterocycles. The van der Waals surface area contributed by atoms with E-state index in [2.05, 4.69) is 108 Å². The summed E-state index contributed by atoms with van der Waals surface area (Å²) in [6.07, 6.45) is 5.02. The summed E-state index contributed by atoms with van der Waals surface area (Å²) in [6.45, 7) is 19.9. The van der Waals surface area contributed by atoms with Crippen LogP contribution in [0.3, 0.4) is 0 Å². The normalized spacial score (nSPS) is 15.1. The minimum absolute atomic E-state index is 0.120. The quantitative estimate of drug-likeness (QED) is 0.246. The van der Waals surface area contributed by atoms with Crippen molar-refractivity contribution in [1.82, 2.24) is 0 Å². The van der Waals surface area contributed by atoms with Crippen LogP contribution in [0.4, 0.5) is 0 Å². The lowest BCUT2D eigenvalue weighted by Gasteiger charge is -2.26. The first-order valence-electron chi connectivity index (χ1n) is 13.6. The van der Waals surface area contributed by atoms with Crippen molar-refractivity contribution < 1.29 is 0 Å². The van der Waals surface area contributed by atoms with Crippen LogP contribution in [0.25, 0.3) is 9.69 Å². The minimum Gasteiger partial charge on any atom is -0.303 e. The number of rotatable bonds is 2. The molecule has 0 aliphatic heterocycles. The molecule has 0 bridgehead atoms. The number of hydrogen-bond acceptors (Lipinski definition) is 0. The molecule has 2 aliphatic carbocycles. The summed E-state index contributed by atoms with van der Waals surface area (Å²) in [6, 6.07) is 33.6. The largest absolute Gasteiger partial charge is 0.303 e. The highest BCUT2D eigenvalue weighted by molar-refractivity contribution is 5.52. The van der Waals surface area contributed by atoms with Gasteiger partial charge in [-0.2, -0.15) is 0 Å². The van der Waals surface area contributed by atoms with Crippen LogP contribution >= 0.6 is 0 Å². The zero-order valence-electron chi connectivity index (χ0n) is 22.3. The topological polar surface area (TPSA) is 8.72 Å². The fraction of sp³-hybridized carbons (Fsp3) is 0.278. The van der Waals surface area contributed by atoms with Gasteiger partial charge in [0.1, 0.15) is 0 Å². The van der Waals surface area contributed by atoms with Crippen LogP contribution in [0, 0.1) is 19.1 Å². The van der Waals surface area contributed by atoms with E-state index >= 15 is 0 Å². The highest BCUT2D eigenvalue weighted by Crippen LogP contribution is 2.45. The molecule has 0 spiro atoms. The van der Waals surface area contributed by atoms with Crippen LogP contribution in [0.1, 0.15) is 70.8 Å². The fourth-order valence-corrected chi connectivity index (χ4v) is 6.31. The summed E-state index contributed by atoms with van der Waals surface area (Å²) >= 11 is 0. The second-order valence-electron chi connectivity index (χ2n) is 10.8. The highest BCUT2D eigenvalue weighted by atomic mass is 14.8. The van der Waals surface area contributed by atoms with E-state index in [0.717, 1.165) is 32.1 Å². The minimum atomic E-state index is -0.516. The third kappa shape index (κ3) is 4.76. The van der Waals surface area contributed by atoms with Crippen LogP contribution in [-0.4, -0.2) is 0 Å². The predicted molar refractivity (Wildman–Crippen MR) is 156 cm³/mol. The number of aryl methyl sites for hydroxylation is 4. The molecule has 0 fully saturated rings. The molecule has 6 rings (SSSR count). The Morgan fingerprint density at radius 3 is 1.45 bits per heavy atom. The Morgan fingerprint density at radius 2 is 1.03 bits per heavy atom. The average Bonchev–Trinajstić information content (AvgIpc) is 3.20. The van der Waals surface area contributed by atoms with E-state index in [1.54, 1.807) is 0 Å². The van der Waals surface area contributed by atoms with Gasteiger partial charge in [0.15, 0.2) is 0 Å². The first kappa shape index (κ1) is 25.5. The maximum absolute atomic E-state index is 8.02. The van der Waals surface area contributed by atoms with Crippen molar-refractivity contribution in [1.29, 1.82) is 0 Å². The van der Waals surface area contributed by atoms with E-state index in [9.17, 15) is 0 Å². The molecule has 0 amide bonds. The molecule has 188 valence electrons. The molecule has 0 atom stereocenters. The predicted octanol–water partition coefficient (Wildman–Crippen LogP) is 8.79. The van der Waals surface area contributed by atoms with Crippen molar-refractivity contribution in [2.24, 2.45) is 5.92 Å². The molecule has 38 heavy (non-hydrogen) atoms. The zero-order valence-corrected chi connectivity index (χ0v) is 22.3. The number of hydrogen-bond donors (Lipinski definition) is 0. The van der Waals surface area contributed by atoms with Gasteiger partial charge < -0.3 is 4.85 Å². The third-order valence-corrected chi connectivity index (χ3v) is 7.98. The van der Waals surface area contributed by atoms with Crippen LogP contribution in [0.15, 0.2) is 97.1 Å². The van der Waals surface area contributed by atoms with Crippen molar-refractivity contribution in [3.05, 3.63) is 164 Å². The SMILES string of the molecule is [C-]#[N+]C1(CC(C)C)c2ccccc2CCc2ccccc21.[C-]#[N+]C1c2ccccc2CCc2ccccc21. The van der Waals surface area contributed by atoms with Crippen LogP contribution in [0.5, 0.6) is 0 Å². The maximum Gasteiger partial charge on any atom is 0.283 e. The average molecular weight is 495 g/mol. The fourth-order valence-electron chi connectivity index (χ4n) is 6.31. The second kappa shape index (κ2) is 11.1. The van der Waals surface area contributed by atoms with Gasteiger partial charge in [0.25, 0.3) is 11.6 Å². The van der Waals surface area contributed by atoms with Crippen molar-refractivity contribution >= 4 is 0 Å². The van der Waals surface area contributed by atoms with Crippen molar-refractivity contribution in [3.63, 3.8) is 0 Å². The Labute approximate surface area is 227 Å². The van der Waals surface area contributed by atoms with Crippen LogP contribution < -0.4 is 0 Å². The van der Waals surface area contributed by atoms with E-state index in [-0.39, 0.29) is 6.04 Å². The van der Waals surface area contributed by atoms with Crippen molar-refractivity contribution in [3.8, 4) is 0 Å². The molecule has 4 aromatic rings. The van der Waals surface area contributed by atoms with Gasteiger partial charge >= 0.3 is 0 Å². The van der Waals surface area contributed by atoms with E-state index in [1.807, 2.05) is 12.1 Å². The molecule has 2 aliphatic rings. The Balaban J connectivity index is 0.000000158. The molecule has 0 N–H and O–H groups in total. The molecular formula is C36H34N2. The molecular weight excluding hydrogens is 460 g/mol. The first-order chi connectivity index (χ1) is 18.6. The summed E-state index contributed by atoms with van der Waals surface area (Å²) in [5, 5.41) is 0. The van der Waals surface area contributed by atoms with E-state index < -0.39 is 5.54 Å². The molecule has 0 heterocycles. The first-order valence-corrected chi connectivity index (χ1v) is 13.6. The molecule has 0 radical (unpaired) electrons. The van der Waals surface area contributed by atoms with Crippen molar-refractivity contribution in [2.45, 2.75) is 57.5 Å². The van der Waals surface area contributed by atoms with Gasteiger partial charge in [-0.25, -0.2) is 13.1 Å². The van der Waals surface area contributed by atoms with Crippen molar-refractivity contribution in [2.75, 3.05) is 0 Å². The number of benzene rings is 4. The molecule has 2 heteroatoms. The van der Waals surface area contributed by atoms with Gasteiger partial charge in [-0.05, 0) is 53.9 Å². The Hall–Kier alpha value is -4.14. The standard InChI is InChI=1S/C20H21N.C16H13N/c1-15(2)14-20(21-3)18-10-6-4-8-16(18)12-13-17-9-5-7-11-19(17)20;1-17-16-14-8-4-2-6-12(14)10-11-13-7-3-5-9-15(13)16/h4-11,15H,12-14H2,1-2H3;2-9,16H,10-11H2. The van der Waals surface area contributed by atoms with Gasteiger partial charge in [0.2, 0.25) is 0 Å². The number of fused-ring (bicyclic) bond motifs is 4. The molecule has 4 aromatic carbocycles. The number of nitrogens with zero attached hydrogens (tertiary/aromatic N) is 2. The summed E-state index contributed by atoms with van der Waals surface area (Å²) in [7, 11) is 0. The van der Waals surface area contributed by atoms with Crippen LogP contribution in [-0.2, 0) is 31.2 Å². The van der Waals surface area contributed by atoms with Gasteiger partial charge in [-0.1, -0.05) is 111 Å². The van der Waals surface area contributed by atoms with E-state index in [4.69, 9.17) is 13.1 Å². The summed E-state index contributed by atoms with van der Waals surface area (Å²) in [4.78, 5) is 8.05. The Morgan fingerprint density at radius 1 is 0.632 bits per heavy atom. The lowest BCUT2D eigenvalue weighted by molar-refractivity contribution is 0.461. The van der Waals surface area contributed by atoms with Gasteiger partial charge in [0.05, 0.1) is 0 Å². The third-order valence-electron chi connectivity index (χ3n) is 7.98. The smallest absolute Gasteiger partial charge is 0.283 e. The highest BCUT2D eigenvalue weighted by Gasteiger charge is 2.45. The summed E-state index contributed by atoms with van der Waals surface area (Å²) in [5.41, 5.74) is 9.63.